The standard InChI is InChI=1S/C35H41BrN2O5/c1-3-38(30-16-8-5-9-17-30)23-29-21-28(22-31(36)32(29)37)35(41)43-19-11-18-42-34(40)24(2)26-14-10-15-27(20-26)33(39)25-12-6-4-7-13-25/h4,6-7,10,12-15,20-22,24,30H,3,5,8-9,11,16-19,23,37H2,1-2H3. The number of hydrogen-bond acceptors (Lipinski definition) is 7. The molecule has 43 heavy (non-hydrogen) atoms. The lowest BCUT2D eigenvalue weighted by Crippen LogP contribution is -2.36. The van der Waals surface area contributed by atoms with E-state index in [0.29, 0.717) is 51.4 Å². The number of carbonyl (C=O) groups excluding carboxylic acids is 3. The van der Waals surface area contributed by atoms with Crippen LogP contribution in [0, 0.1) is 0 Å². The summed E-state index contributed by atoms with van der Waals surface area (Å²) in [5.41, 5.74) is 10.2. The van der Waals surface area contributed by atoms with Crippen LogP contribution in [0.2, 0.25) is 0 Å². The zero-order chi connectivity index (χ0) is 30.8. The lowest BCUT2D eigenvalue weighted by molar-refractivity contribution is -0.145. The van der Waals surface area contributed by atoms with E-state index in [2.05, 4.69) is 27.8 Å². The van der Waals surface area contributed by atoms with Crippen molar-refractivity contribution in [1.82, 2.24) is 4.90 Å². The van der Waals surface area contributed by atoms with Crippen LogP contribution in [0.3, 0.4) is 0 Å². The Balaban J connectivity index is 1.26. The van der Waals surface area contributed by atoms with Crippen molar-refractivity contribution in [3.05, 3.63) is 99.0 Å². The number of halogens is 1. The summed E-state index contributed by atoms with van der Waals surface area (Å²) in [5.74, 6) is -1.49. The van der Waals surface area contributed by atoms with Gasteiger partial charge in [-0.25, -0.2) is 4.79 Å². The van der Waals surface area contributed by atoms with Crippen LogP contribution in [0.15, 0.2) is 71.2 Å². The molecule has 2 N–H and O–H groups in total. The van der Waals surface area contributed by atoms with Crippen molar-refractivity contribution >= 4 is 39.3 Å². The minimum Gasteiger partial charge on any atom is -0.465 e. The number of ether oxygens (including phenoxy) is 2. The maximum atomic E-state index is 12.9. The average molecular weight is 650 g/mol. The molecule has 0 aliphatic heterocycles. The molecule has 4 rings (SSSR count). The Hall–Kier alpha value is -3.49. The van der Waals surface area contributed by atoms with Crippen molar-refractivity contribution in [1.29, 1.82) is 0 Å². The molecule has 1 fully saturated rings. The highest BCUT2D eigenvalue weighted by Crippen LogP contribution is 2.30. The first-order chi connectivity index (χ1) is 20.8. The van der Waals surface area contributed by atoms with Crippen LogP contribution in [-0.4, -0.2) is 48.4 Å². The summed E-state index contributed by atoms with van der Waals surface area (Å²) in [6, 6.07) is 20.1. The third-order valence-corrected chi connectivity index (χ3v) is 8.78. The van der Waals surface area contributed by atoms with Gasteiger partial charge in [0, 0.05) is 34.6 Å². The Morgan fingerprint density at radius 3 is 2.33 bits per heavy atom. The molecule has 0 radical (unpaired) electrons. The molecule has 3 aromatic carbocycles. The van der Waals surface area contributed by atoms with Crippen molar-refractivity contribution in [3.63, 3.8) is 0 Å². The maximum Gasteiger partial charge on any atom is 0.338 e. The number of anilines is 1. The topological polar surface area (TPSA) is 98.9 Å². The summed E-state index contributed by atoms with van der Waals surface area (Å²) in [7, 11) is 0. The molecule has 1 aliphatic rings. The van der Waals surface area contributed by atoms with Crippen molar-refractivity contribution < 1.29 is 23.9 Å². The van der Waals surface area contributed by atoms with Gasteiger partial charge in [-0.2, -0.15) is 0 Å². The predicted octanol–water partition coefficient (Wildman–Crippen LogP) is 7.31. The van der Waals surface area contributed by atoms with E-state index in [4.69, 9.17) is 15.2 Å². The van der Waals surface area contributed by atoms with E-state index >= 15 is 0 Å². The molecule has 0 saturated heterocycles. The third-order valence-electron chi connectivity index (χ3n) is 8.13. The number of nitrogens with zero attached hydrogens (tertiary/aromatic N) is 1. The van der Waals surface area contributed by atoms with Gasteiger partial charge in [-0.05, 0) is 71.6 Å². The molecule has 228 valence electrons. The Morgan fingerprint density at radius 1 is 0.907 bits per heavy atom. The van der Waals surface area contributed by atoms with E-state index in [9.17, 15) is 14.4 Å². The number of hydrogen-bond donors (Lipinski definition) is 1. The van der Waals surface area contributed by atoms with Gasteiger partial charge in [-0.3, -0.25) is 14.5 Å². The number of carbonyl (C=O) groups is 3. The highest BCUT2D eigenvalue weighted by atomic mass is 79.9. The van der Waals surface area contributed by atoms with Crippen LogP contribution >= 0.6 is 15.9 Å². The van der Waals surface area contributed by atoms with E-state index < -0.39 is 17.9 Å². The second-order valence-corrected chi connectivity index (χ2v) is 11.9. The summed E-state index contributed by atoms with van der Waals surface area (Å²) < 4.78 is 11.6. The molecule has 1 atom stereocenters. The smallest absolute Gasteiger partial charge is 0.338 e. The average Bonchev–Trinajstić information content (AvgIpc) is 3.05. The van der Waals surface area contributed by atoms with Gasteiger partial charge in [-0.1, -0.05) is 74.7 Å². The Kier molecular flexibility index (Phi) is 11.9. The minimum atomic E-state index is -0.548. The van der Waals surface area contributed by atoms with Gasteiger partial charge >= 0.3 is 11.9 Å². The monoisotopic (exact) mass is 648 g/mol. The fraction of sp³-hybridized carbons (Fsp3) is 0.400. The first-order valence-corrected chi connectivity index (χ1v) is 15.9. The molecular formula is C35H41BrN2O5. The quantitative estimate of drug-likeness (QED) is 0.0898. The van der Waals surface area contributed by atoms with Crippen LogP contribution < -0.4 is 5.73 Å². The second-order valence-electron chi connectivity index (χ2n) is 11.1. The summed E-state index contributed by atoms with van der Waals surface area (Å²) in [6.45, 7) is 5.74. The largest absolute Gasteiger partial charge is 0.465 e. The molecule has 3 aromatic rings. The number of rotatable bonds is 13. The fourth-order valence-corrected chi connectivity index (χ4v) is 6.04. The van der Waals surface area contributed by atoms with Crippen molar-refractivity contribution in [2.24, 2.45) is 0 Å². The van der Waals surface area contributed by atoms with Crippen molar-refractivity contribution in [3.8, 4) is 0 Å². The second kappa shape index (κ2) is 15.8. The summed E-state index contributed by atoms with van der Waals surface area (Å²) in [6.07, 6.45) is 6.56. The Bertz CT molecular complexity index is 1400. The third kappa shape index (κ3) is 8.77. The summed E-state index contributed by atoms with van der Waals surface area (Å²) >= 11 is 3.51. The molecule has 0 spiro atoms. The van der Waals surface area contributed by atoms with Gasteiger partial charge in [0.2, 0.25) is 0 Å². The normalized spacial score (nSPS) is 14.3. The first-order valence-electron chi connectivity index (χ1n) is 15.1. The Morgan fingerprint density at radius 2 is 1.60 bits per heavy atom. The molecule has 0 amide bonds. The highest BCUT2D eigenvalue weighted by Gasteiger charge is 2.23. The number of nitrogen functional groups attached to an aromatic ring is 1. The maximum absolute atomic E-state index is 12.9. The number of esters is 2. The van der Waals surface area contributed by atoms with Crippen LogP contribution in [-0.2, 0) is 20.8 Å². The molecule has 0 aromatic heterocycles. The summed E-state index contributed by atoms with van der Waals surface area (Å²) in [5, 5.41) is 0. The summed E-state index contributed by atoms with van der Waals surface area (Å²) in [4.78, 5) is 40.8. The van der Waals surface area contributed by atoms with Crippen LogP contribution in [0.25, 0.3) is 0 Å². The zero-order valence-electron chi connectivity index (χ0n) is 25.0. The zero-order valence-corrected chi connectivity index (χ0v) is 26.6. The molecule has 7 nitrogen and oxygen atoms in total. The Labute approximate surface area is 262 Å². The molecule has 8 heteroatoms. The minimum absolute atomic E-state index is 0.100. The lowest BCUT2D eigenvalue weighted by Gasteiger charge is -2.34. The molecule has 0 heterocycles. The van der Waals surface area contributed by atoms with Gasteiger partial charge in [0.25, 0.3) is 0 Å². The van der Waals surface area contributed by atoms with Gasteiger partial charge < -0.3 is 15.2 Å². The van der Waals surface area contributed by atoms with Gasteiger partial charge in [0.1, 0.15) is 0 Å². The van der Waals surface area contributed by atoms with Gasteiger partial charge in [0.05, 0.1) is 30.4 Å². The molecule has 1 unspecified atom stereocenters. The number of benzene rings is 3. The van der Waals surface area contributed by atoms with Gasteiger partial charge in [0.15, 0.2) is 5.78 Å². The molecular weight excluding hydrogens is 608 g/mol. The van der Waals surface area contributed by atoms with E-state index in [0.717, 1.165) is 12.1 Å². The number of ketones is 1. The van der Waals surface area contributed by atoms with Crippen LogP contribution in [0.5, 0.6) is 0 Å². The SMILES string of the molecule is CCN(Cc1cc(C(=O)OCCCOC(=O)C(C)c2cccc(C(=O)c3ccccc3)c2)cc(Br)c1N)C1CCCCC1. The first kappa shape index (κ1) is 32.4. The highest BCUT2D eigenvalue weighted by molar-refractivity contribution is 9.10. The molecule has 1 aliphatic carbocycles. The lowest BCUT2D eigenvalue weighted by atomic mass is 9.93. The molecule has 0 bridgehead atoms. The molecule has 1 saturated carbocycles. The number of nitrogens with two attached hydrogens (primary N) is 1. The van der Waals surface area contributed by atoms with E-state index in [1.165, 1.54) is 32.1 Å². The van der Waals surface area contributed by atoms with Crippen molar-refractivity contribution in [2.75, 3.05) is 25.5 Å². The van der Waals surface area contributed by atoms with Crippen LogP contribution in [0.1, 0.15) is 95.7 Å². The van der Waals surface area contributed by atoms with E-state index in [1.807, 2.05) is 30.3 Å². The van der Waals surface area contributed by atoms with Crippen molar-refractivity contribution in [2.45, 2.75) is 70.9 Å². The predicted molar refractivity (Wildman–Crippen MR) is 172 cm³/mol. The van der Waals surface area contributed by atoms with Crippen LogP contribution in [0.4, 0.5) is 5.69 Å². The van der Waals surface area contributed by atoms with E-state index in [1.54, 1.807) is 43.3 Å². The van der Waals surface area contributed by atoms with Gasteiger partial charge in [-0.15, -0.1) is 0 Å². The fourth-order valence-electron chi connectivity index (χ4n) is 5.53. The van der Waals surface area contributed by atoms with E-state index in [-0.39, 0.29) is 19.0 Å².